The van der Waals surface area contributed by atoms with E-state index in [4.69, 9.17) is 4.74 Å². The molecule has 0 atom stereocenters. The highest BCUT2D eigenvalue weighted by molar-refractivity contribution is 9.10. The third kappa shape index (κ3) is 5.27. The van der Waals surface area contributed by atoms with Crippen molar-refractivity contribution >= 4 is 33.7 Å². The molecule has 0 bridgehead atoms. The molecule has 1 N–H and O–H groups in total. The molecule has 0 unspecified atom stereocenters. The quantitative estimate of drug-likeness (QED) is 0.792. The molecule has 7 heteroatoms. The lowest BCUT2D eigenvalue weighted by Crippen LogP contribution is -2.35. The first-order valence-electron chi connectivity index (χ1n) is 6.94. The van der Waals surface area contributed by atoms with Crippen LogP contribution in [0, 0.1) is 5.82 Å². The first-order chi connectivity index (χ1) is 11.5. The molecule has 0 aliphatic carbocycles. The Labute approximate surface area is 145 Å². The van der Waals surface area contributed by atoms with Gasteiger partial charge < -0.3 is 4.74 Å². The van der Waals surface area contributed by atoms with Crippen LogP contribution in [0.3, 0.4) is 0 Å². The summed E-state index contributed by atoms with van der Waals surface area (Å²) in [7, 11) is 0. The fourth-order valence-electron chi connectivity index (χ4n) is 1.88. The van der Waals surface area contributed by atoms with Crippen LogP contribution in [0.2, 0.25) is 0 Å². The smallest absolute Gasteiger partial charge is 0.339 e. The predicted octanol–water partition coefficient (Wildman–Crippen LogP) is 2.63. The summed E-state index contributed by atoms with van der Waals surface area (Å²) in [6.07, 6.45) is 0.0377. The van der Waals surface area contributed by atoms with Crippen molar-refractivity contribution in [2.24, 2.45) is 0 Å². The van der Waals surface area contributed by atoms with Crippen LogP contribution in [0.4, 0.5) is 4.39 Å². The van der Waals surface area contributed by atoms with E-state index in [9.17, 15) is 18.8 Å². The predicted molar refractivity (Wildman–Crippen MR) is 87.7 cm³/mol. The molecule has 0 aromatic heterocycles. The summed E-state index contributed by atoms with van der Waals surface area (Å²) in [4.78, 5) is 35.2. The van der Waals surface area contributed by atoms with Crippen molar-refractivity contribution in [3.8, 4) is 0 Å². The van der Waals surface area contributed by atoms with E-state index in [-0.39, 0.29) is 12.0 Å². The van der Waals surface area contributed by atoms with Crippen LogP contribution in [0.1, 0.15) is 15.9 Å². The Morgan fingerprint density at radius 1 is 1.04 bits per heavy atom. The molecule has 0 aliphatic rings. The lowest BCUT2D eigenvalue weighted by atomic mass is 10.1. The number of benzene rings is 2. The van der Waals surface area contributed by atoms with Crippen LogP contribution < -0.4 is 5.32 Å². The van der Waals surface area contributed by atoms with E-state index in [0.717, 1.165) is 11.6 Å². The molecule has 2 aromatic carbocycles. The monoisotopic (exact) mass is 393 g/mol. The van der Waals surface area contributed by atoms with E-state index in [1.165, 1.54) is 12.1 Å². The first kappa shape index (κ1) is 17.8. The SMILES string of the molecule is O=C(COC(=O)c1cc(F)ccc1Br)NC(=O)Cc1ccccc1. The summed E-state index contributed by atoms with van der Waals surface area (Å²) in [5.74, 6) is -2.73. The molecule has 0 aliphatic heterocycles. The second kappa shape index (κ2) is 8.35. The maximum absolute atomic E-state index is 13.1. The Balaban J connectivity index is 1.83. The summed E-state index contributed by atoms with van der Waals surface area (Å²) in [5.41, 5.74) is 0.710. The maximum Gasteiger partial charge on any atom is 0.339 e. The zero-order chi connectivity index (χ0) is 17.5. The zero-order valence-corrected chi connectivity index (χ0v) is 14.0. The number of rotatable bonds is 5. The highest BCUT2D eigenvalue weighted by Gasteiger charge is 2.15. The van der Waals surface area contributed by atoms with Crippen LogP contribution in [-0.4, -0.2) is 24.4 Å². The van der Waals surface area contributed by atoms with Gasteiger partial charge >= 0.3 is 5.97 Å². The topological polar surface area (TPSA) is 72.5 Å². The number of carbonyl (C=O) groups excluding carboxylic acids is 3. The second-order valence-electron chi connectivity index (χ2n) is 4.83. The fourth-order valence-corrected chi connectivity index (χ4v) is 2.29. The van der Waals surface area contributed by atoms with Crippen molar-refractivity contribution in [2.45, 2.75) is 6.42 Å². The molecule has 0 fully saturated rings. The second-order valence-corrected chi connectivity index (χ2v) is 5.69. The minimum absolute atomic E-state index is 0.0377. The highest BCUT2D eigenvalue weighted by atomic mass is 79.9. The number of imide groups is 1. The van der Waals surface area contributed by atoms with Gasteiger partial charge in [0.25, 0.3) is 5.91 Å². The minimum atomic E-state index is -0.868. The Morgan fingerprint density at radius 2 is 1.75 bits per heavy atom. The van der Waals surface area contributed by atoms with E-state index in [1.807, 2.05) is 6.07 Å². The third-order valence-electron chi connectivity index (χ3n) is 2.97. The standard InChI is InChI=1S/C17H13BrFNO4/c18-14-7-6-12(19)9-13(14)17(23)24-10-16(22)20-15(21)8-11-4-2-1-3-5-11/h1-7,9H,8,10H2,(H,20,21,22). The van der Waals surface area contributed by atoms with Crippen molar-refractivity contribution < 1.29 is 23.5 Å². The number of halogens is 2. The summed E-state index contributed by atoms with van der Waals surface area (Å²) in [5, 5.41) is 2.12. The van der Waals surface area contributed by atoms with Crippen molar-refractivity contribution in [3.63, 3.8) is 0 Å². The normalized spacial score (nSPS) is 10.1. The number of hydrogen-bond donors (Lipinski definition) is 1. The maximum atomic E-state index is 13.1. The molecule has 0 spiro atoms. The van der Waals surface area contributed by atoms with E-state index >= 15 is 0 Å². The Kier molecular flexibility index (Phi) is 6.20. The minimum Gasteiger partial charge on any atom is -0.452 e. The van der Waals surface area contributed by atoms with E-state index < -0.39 is 30.2 Å². The van der Waals surface area contributed by atoms with Crippen LogP contribution in [0.5, 0.6) is 0 Å². The van der Waals surface area contributed by atoms with E-state index in [2.05, 4.69) is 21.2 Å². The Hall–Kier alpha value is -2.54. The van der Waals surface area contributed by atoms with Gasteiger partial charge in [0.15, 0.2) is 6.61 Å². The molecule has 5 nitrogen and oxygen atoms in total. The van der Waals surface area contributed by atoms with Gasteiger partial charge in [-0.05, 0) is 39.7 Å². The number of amides is 2. The number of ether oxygens (including phenoxy) is 1. The summed E-state index contributed by atoms with van der Waals surface area (Å²) >= 11 is 3.09. The molecule has 124 valence electrons. The number of carbonyl (C=O) groups is 3. The molecule has 2 rings (SSSR count). The number of nitrogens with one attached hydrogen (secondary N) is 1. The van der Waals surface area contributed by atoms with Crippen molar-refractivity contribution in [1.82, 2.24) is 5.32 Å². The van der Waals surface area contributed by atoms with E-state index in [0.29, 0.717) is 4.47 Å². The molecule has 2 aromatic rings. The third-order valence-corrected chi connectivity index (χ3v) is 3.66. The van der Waals surface area contributed by atoms with Gasteiger partial charge in [-0.3, -0.25) is 14.9 Å². The number of esters is 1. The first-order valence-corrected chi connectivity index (χ1v) is 7.74. The van der Waals surface area contributed by atoms with Crippen LogP contribution in [-0.2, 0) is 20.7 Å². The van der Waals surface area contributed by atoms with Gasteiger partial charge in [0.2, 0.25) is 5.91 Å². The number of hydrogen-bond acceptors (Lipinski definition) is 4. The molecular formula is C17H13BrFNO4. The summed E-state index contributed by atoms with van der Waals surface area (Å²) < 4.78 is 18.3. The van der Waals surface area contributed by atoms with Crippen LogP contribution in [0.15, 0.2) is 53.0 Å². The Morgan fingerprint density at radius 3 is 2.46 bits per heavy atom. The molecule has 0 saturated carbocycles. The fraction of sp³-hybridized carbons (Fsp3) is 0.118. The summed E-state index contributed by atoms with van der Waals surface area (Å²) in [6, 6.07) is 12.4. The highest BCUT2D eigenvalue weighted by Crippen LogP contribution is 2.18. The molecular weight excluding hydrogens is 381 g/mol. The van der Waals surface area contributed by atoms with Gasteiger partial charge in [0.05, 0.1) is 12.0 Å². The lowest BCUT2D eigenvalue weighted by Gasteiger charge is -2.07. The van der Waals surface area contributed by atoms with Crippen LogP contribution >= 0.6 is 15.9 Å². The van der Waals surface area contributed by atoms with Crippen LogP contribution in [0.25, 0.3) is 0 Å². The van der Waals surface area contributed by atoms with E-state index in [1.54, 1.807) is 24.3 Å². The molecule has 2 amide bonds. The van der Waals surface area contributed by atoms with Gasteiger partial charge in [-0.25, -0.2) is 9.18 Å². The van der Waals surface area contributed by atoms with Gasteiger partial charge in [-0.2, -0.15) is 0 Å². The largest absolute Gasteiger partial charge is 0.452 e. The molecule has 0 heterocycles. The van der Waals surface area contributed by atoms with Gasteiger partial charge in [0.1, 0.15) is 5.82 Å². The Bertz CT molecular complexity index is 764. The van der Waals surface area contributed by atoms with Crippen molar-refractivity contribution in [3.05, 3.63) is 69.9 Å². The van der Waals surface area contributed by atoms with Crippen molar-refractivity contribution in [2.75, 3.05) is 6.61 Å². The van der Waals surface area contributed by atoms with Crippen molar-refractivity contribution in [1.29, 1.82) is 0 Å². The van der Waals surface area contributed by atoms with Gasteiger partial charge in [-0.15, -0.1) is 0 Å². The molecule has 0 saturated heterocycles. The van der Waals surface area contributed by atoms with Gasteiger partial charge in [-0.1, -0.05) is 30.3 Å². The average molecular weight is 394 g/mol. The molecule has 0 radical (unpaired) electrons. The summed E-state index contributed by atoms with van der Waals surface area (Å²) in [6.45, 7) is -0.637. The molecule has 24 heavy (non-hydrogen) atoms. The average Bonchev–Trinajstić information content (AvgIpc) is 2.55. The zero-order valence-electron chi connectivity index (χ0n) is 12.4. The van der Waals surface area contributed by atoms with Gasteiger partial charge in [0, 0.05) is 4.47 Å². The lowest BCUT2D eigenvalue weighted by molar-refractivity contribution is -0.132.